The van der Waals surface area contributed by atoms with Gasteiger partial charge in [-0.3, -0.25) is 5.09 Å². The van der Waals surface area contributed by atoms with E-state index in [0.717, 1.165) is 22.2 Å². The minimum Gasteiger partial charge on any atom is -0.497 e. The zero-order valence-corrected chi connectivity index (χ0v) is 17.8. The Balaban J connectivity index is 2.10. The average Bonchev–Trinajstić information content (AvgIpc) is 2.72. The first-order valence-corrected chi connectivity index (χ1v) is 11.2. The lowest BCUT2D eigenvalue weighted by Crippen LogP contribution is -2.35. The number of hydrogen-bond donors (Lipinski definition) is 1. The van der Waals surface area contributed by atoms with E-state index < -0.39 is 12.4 Å². The molecule has 0 saturated heterocycles. The first-order valence-electron chi connectivity index (χ1n) is 9.47. The lowest BCUT2D eigenvalue weighted by atomic mass is 10.00. The van der Waals surface area contributed by atoms with Gasteiger partial charge >= 0.3 is 0 Å². The van der Waals surface area contributed by atoms with Crippen LogP contribution in [0.15, 0.2) is 84.9 Å². The Morgan fingerprint density at radius 1 is 0.786 bits per heavy atom. The summed E-state index contributed by atoms with van der Waals surface area (Å²) in [5, 5.41) is 3.98. The van der Waals surface area contributed by atoms with E-state index in [2.05, 4.69) is 17.2 Å². The van der Waals surface area contributed by atoms with Gasteiger partial charge in [0.1, 0.15) is 5.75 Å². The second-order valence-corrected chi connectivity index (χ2v) is 11.2. The van der Waals surface area contributed by atoms with E-state index in [-0.39, 0.29) is 6.04 Å². The van der Waals surface area contributed by atoms with E-state index in [1.165, 1.54) is 0 Å². The highest BCUT2D eigenvalue weighted by Gasteiger charge is 2.40. The van der Waals surface area contributed by atoms with Crippen LogP contribution >= 0.6 is 7.29 Å². The molecule has 3 aromatic carbocycles. The molecule has 3 aromatic rings. The van der Waals surface area contributed by atoms with Gasteiger partial charge in [-0.05, 0) is 23.3 Å². The zero-order chi connectivity index (χ0) is 20.2. The summed E-state index contributed by atoms with van der Waals surface area (Å²) in [6, 6.07) is 27.7. The molecule has 0 spiro atoms. The number of benzene rings is 3. The summed E-state index contributed by atoms with van der Waals surface area (Å²) in [4.78, 5) is 0. The Morgan fingerprint density at radius 3 is 1.79 bits per heavy atom. The van der Waals surface area contributed by atoms with Crippen molar-refractivity contribution in [2.75, 3.05) is 7.11 Å². The number of hydrogen-bond acceptors (Lipinski definition) is 2. The van der Waals surface area contributed by atoms with Gasteiger partial charge in [0, 0.05) is 10.5 Å². The zero-order valence-electron chi connectivity index (χ0n) is 16.9. The molecule has 0 aliphatic carbocycles. The predicted molar refractivity (Wildman–Crippen MR) is 118 cm³/mol. The lowest BCUT2D eigenvalue weighted by molar-refractivity contribution is 0.414. The van der Waals surface area contributed by atoms with Gasteiger partial charge in [0.05, 0.1) is 13.2 Å². The summed E-state index contributed by atoms with van der Waals surface area (Å²) in [7, 11) is -1.28. The van der Waals surface area contributed by atoms with Gasteiger partial charge in [-0.25, -0.2) is 0 Å². The molecular formula is C24H28NO2P. The van der Waals surface area contributed by atoms with Gasteiger partial charge < -0.3 is 9.30 Å². The van der Waals surface area contributed by atoms with Crippen LogP contribution in [0.1, 0.15) is 37.9 Å². The van der Waals surface area contributed by atoms with Crippen LogP contribution in [0.3, 0.4) is 0 Å². The SMILES string of the molecule is COc1ccc([C@@H](NP(=O)(c2ccccc2)C(C)(C)C)c2ccccc2)cc1. The molecule has 0 amide bonds. The fourth-order valence-corrected chi connectivity index (χ4v) is 5.82. The second kappa shape index (κ2) is 8.34. The van der Waals surface area contributed by atoms with Gasteiger partial charge in [-0.1, -0.05) is 93.6 Å². The molecule has 1 N–H and O–H groups in total. The van der Waals surface area contributed by atoms with Crippen molar-refractivity contribution in [1.82, 2.24) is 5.09 Å². The molecule has 3 rings (SSSR count). The molecule has 0 saturated carbocycles. The quantitative estimate of drug-likeness (QED) is 0.540. The number of methoxy groups -OCH3 is 1. The van der Waals surface area contributed by atoms with Crippen LogP contribution in [0.2, 0.25) is 0 Å². The minimum atomic E-state index is -2.94. The molecular weight excluding hydrogens is 365 g/mol. The highest BCUT2D eigenvalue weighted by atomic mass is 31.2. The van der Waals surface area contributed by atoms with Crippen molar-refractivity contribution in [3.05, 3.63) is 96.1 Å². The number of ether oxygens (including phenoxy) is 1. The van der Waals surface area contributed by atoms with Crippen molar-refractivity contribution in [2.45, 2.75) is 32.0 Å². The molecule has 0 fully saturated rings. The standard InChI is InChI=1S/C24H28NO2P/c1-24(2,3)28(26,22-13-9-6-10-14-22)25-23(19-11-7-5-8-12-19)20-15-17-21(27-4)18-16-20/h5-18,23H,1-4H3,(H,25,26)/t23-,28?/m0/s1. The van der Waals surface area contributed by atoms with Gasteiger partial charge in [0.25, 0.3) is 0 Å². The third-order valence-electron chi connectivity index (χ3n) is 4.96. The fraction of sp³-hybridized carbons (Fsp3) is 0.250. The van der Waals surface area contributed by atoms with Crippen molar-refractivity contribution < 1.29 is 9.30 Å². The highest BCUT2D eigenvalue weighted by molar-refractivity contribution is 7.71. The first kappa shape index (κ1) is 20.4. The third-order valence-corrected chi connectivity index (χ3v) is 8.49. The molecule has 1 unspecified atom stereocenters. The van der Waals surface area contributed by atoms with Crippen molar-refractivity contribution in [2.24, 2.45) is 0 Å². The van der Waals surface area contributed by atoms with Gasteiger partial charge in [0.15, 0.2) is 7.29 Å². The topological polar surface area (TPSA) is 38.3 Å². The van der Waals surface area contributed by atoms with Crippen LogP contribution in [-0.4, -0.2) is 12.3 Å². The molecule has 0 aliphatic rings. The number of rotatable bonds is 6. The highest BCUT2D eigenvalue weighted by Crippen LogP contribution is 2.55. The van der Waals surface area contributed by atoms with Crippen LogP contribution in [-0.2, 0) is 4.57 Å². The Labute approximate surface area is 168 Å². The van der Waals surface area contributed by atoms with Crippen LogP contribution < -0.4 is 15.1 Å². The summed E-state index contributed by atoms with van der Waals surface area (Å²) in [6.45, 7) is 6.09. The Kier molecular flexibility index (Phi) is 6.07. The maximum atomic E-state index is 14.4. The summed E-state index contributed by atoms with van der Waals surface area (Å²) in [6.07, 6.45) is 0. The third kappa shape index (κ3) is 4.22. The summed E-state index contributed by atoms with van der Waals surface area (Å²) >= 11 is 0. The molecule has 3 nitrogen and oxygen atoms in total. The molecule has 0 aromatic heterocycles. The monoisotopic (exact) mass is 393 g/mol. The molecule has 4 heteroatoms. The van der Waals surface area contributed by atoms with Gasteiger partial charge in [0.2, 0.25) is 0 Å². The van der Waals surface area contributed by atoms with Crippen molar-refractivity contribution in [1.29, 1.82) is 0 Å². The van der Waals surface area contributed by atoms with Crippen LogP contribution in [0.5, 0.6) is 5.75 Å². The number of nitrogens with one attached hydrogen (secondary N) is 1. The lowest BCUT2D eigenvalue weighted by Gasteiger charge is -2.36. The van der Waals surface area contributed by atoms with Crippen LogP contribution in [0.4, 0.5) is 0 Å². The van der Waals surface area contributed by atoms with Crippen molar-refractivity contribution in [3.8, 4) is 5.75 Å². The van der Waals surface area contributed by atoms with E-state index in [1.54, 1.807) is 7.11 Å². The maximum Gasteiger partial charge on any atom is 0.182 e. The predicted octanol–water partition coefficient (Wildman–Crippen LogP) is 5.78. The average molecular weight is 393 g/mol. The molecule has 146 valence electrons. The molecule has 0 bridgehead atoms. The molecule has 2 atom stereocenters. The summed E-state index contributed by atoms with van der Waals surface area (Å²) in [5.41, 5.74) is 2.13. The van der Waals surface area contributed by atoms with Crippen LogP contribution in [0.25, 0.3) is 0 Å². The van der Waals surface area contributed by atoms with E-state index in [0.29, 0.717) is 0 Å². The summed E-state index contributed by atoms with van der Waals surface area (Å²) < 4.78 is 19.7. The van der Waals surface area contributed by atoms with E-state index in [9.17, 15) is 4.57 Å². The Hall–Kier alpha value is -2.35. The molecule has 0 radical (unpaired) electrons. The first-order chi connectivity index (χ1) is 13.3. The molecule has 0 heterocycles. The van der Waals surface area contributed by atoms with Crippen molar-refractivity contribution >= 4 is 12.6 Å². The largest absolute Gasteiger partial charge is 0.497 e. The summed E-state index contributed by atoms with van der Waals surface area (Å²) in [5.74, 6) is 0.803. The molecule has 0 aliphatic heterocycles. The second-order valence-electron chi connectivity index (χ2n) is 7.86. The minimum absolute atomic E-state index is 0.197. The smallest absolute Gasteiger partial charge is 0.182 e. The van der Waals surface area contributed by atoms with E-state index in [4.69, 9.17) is 4.74 Å². The van der Waals surface area contributed by atoms with Gasteiger partial charge in [-0.15, -0.1) is 0 Å². The maximum absolute atomic E-state index is 14.4. The fourth-order valence-electron chi connectivity index (χ4n) is 3.26. The van der Waals surface area contributed by atoms with E-state index >= 15 is 0 Å². The Bertz CT molecular complexity index is 932. The van der Waals surface area contributed by atoms with Crippen molar-refractivity contribution in [3.63, 3.8) is 0 Å². The normalized spacial score (nSPS) is 14.9. The van der Waals surface area contributed by atoms with E-state index in [1.807, 2.05) is 93.6 Å². The van der Waals surface area contributed by atoms with Gasteiger partial charge in [-0.2, -0.15) is 0 Å². The Morgan fingerprint density at radius 2 is 1.29 bits per heavy atom. The van der Waals surface area contributed by atoms with Crippen LogP contribution in [0, 0.1) is 0 Å². The molecule has 28 heavy (non-hydrogen) atoms.